The van der Waals surface area contributed by atoms with Gasteiger partial charge in [0.1, 0.15) is 5.52 Å². The molecule has 0 aliphatic rings. The molecule has 1 N–H and O–H groups in total. The number of ether oxygens (including phenoxy) is 1. The molecule has 5 rings (SSSR count). The standard InChI is InChI=1S/C25H19Cl2FN6O2/c1-33(2)25(35)24-29-11-18(36-3)21(32-24)23-30-16-12-34(17-6-4-5-15(27)19(17)28)22(20(16)31-23)13-7-9-14(26)10-8-13/h4-12H,1-3H3,(H,30,31). The summed E-state index contributed by atoms with van der Waals surface area (Å²) in [6.45, 7) is 0. The lowest BCUT2D eigenvalue weighted by Gasteiger charge is -2.12. The molecule has 11 heteroatoms. The van der Waals surface area contributed by atoms with Crippen molar-refractivity contribution in [3.8, 4) is 34.2 Å². The monoisotopic (exact) mass is 524 g/mol. The molecule has 0 saturated carbocycles. The number of hydrogen-bond donors (Lipinski definition) is 1. The van der Waals surface area contributed by atoms with E-state index >= 15 is 4.39 Å². The van der Waals surface area contributed by atoms with Crippen LogP contribution in [0.4, 0.5) is 4.39 Å². The minimum absolute atomic E-state index is 0.000804. The van der Waals surface area contributed by atoms with Gasteiger partial charge in [-0.2, -0.15) is 0 Å². The predicted molar refractivity (Wildman–Crippen MR) is 136 cm³/mol. The van der Waals surface area contributed by atoms with Gasteiger partial charge in [0.2, 0.25) is 5.82 Å². The lowest BCUT2D eigenvalue weighted by atomic mass is 10.1. The van der Waals surface area contributed by atoms with Crippen LogP contribution >= 0.6 is 23.2 Å². The molecule has 0 radical (unpaired) electrons. The number of benzene rings is 2. The van der Waals surface area contributed by atoms with E-state index in [1.807, 2.05) is 12.1 Å². The Kier molecular flexibility index (Phi) is 6.11. The highest BCUT2D eigenvalue weighted by Crippen LogP contribution is 2.36. The van der Waals surface area contributed by atoms with Crippen LogP contribution in [-0.4, -0.2) is 56.5 Å². The van der Waals surface area contributed by atoms with E-state index in [1.165, 1.54) is 24.3 Å². The first-order chi connectivity index (χ1) is 17.3. The van der Waals surface area contributed by atoms with Crippen molar-refractivity contribution >= 4 is 40.1 Å². The number of aromatic amines is 1. The molecule has 0 fully saturated rings. The van der Waals surface area contributed by atoms with Gasteiger partial charge in [-0.25, -0.2) is 19.3 Å². The van der Waals surface area contributed by atoms with Gasteiger partial charge in [-0.1, -0.05) is 41.4 Å². The lowest BCUT2D eigenvalue weighted by Crippen LogP contribution is -2.24. The molecule has 0 spiro atoms. The molecule has 1 amide bonds. The Morgan fingerprint density at radius 3 is 2.56 bits per heavy atom. The van der Waals surface area contributed by atoms with Crippen LogP contribution in [0.1, 0.15) is 10.6 Å². The predicted octanol–water partition coefficient (Wildman–Crippen LogP) is 5.63. The number of carbonyl (C=O) groups excluding carboxylic acids is 1. The van der Waals surface area contributed by atoms with E-state index in [9.17, 15) is 4.79 Å². The zero-order valence-electron chi connectivity index (χ0n) is 19.4. The smallest absolute Gasteiger partial charge is 0.291 e. The Morgan fingerprint density at radius 2 is 1.86 bits per heavy atom. The average Bonchev–Trinajstić information content (AvgIpc) is 3.43. The number of nitrogens with one attached hydrogen (secondary N) is 1. The first-order valence-corrected chi connectivity index (χ1v) is 11.5. The summed E-state index contributed by atoms with van der Waals surface area (Å²) < 4.78 is 22.1. The molecule has 2 aromatic carbocycles. The number of rotatable bonds is 5. The van der Waals surface area contributed by atoms with Crippen molar-refractivity contribution in [3.63, 3.8) is 0 Å². The number of amides is 1. The van der Waals surface area contributed by atoms with Crippen molar-refractivity contribution < 1.29 is 13.9 Å². The molecule has 182 valence electrons. The third-order valence-electron chi connectivity index (χ3n) is 5.56. The van der Waals surface area contributed by atoms with Gasteiger partial charge in [-0.3, -0.25) is 4.79 Å². The Hall–Kier alpha value is -3.95. The zero-order valence-corrected chi connectivity index (χ0v) is 20.9. The average molecular weight is 525 g/mol. The Bertz CT molecular complexity index is 1610. The molecular formula is C25H19Cl2FN6O2. The Balaban J connectivity index is 1.75. The summed E-state index contributed by atoms with van der Waals surface area (Å²) in [5.41, 5.74) is 3.10. The highest BCUT2D eigenvalue weighted by molar-refractivity contribution is 6.31. The van der Waals surface area contributed by atoms with Crippen molar-refractivity contribution in [2.45, 2.75) is 0 Å². The summed E-state index contributed by atoms with van der Waals surface area (Å²) in [5.74, 6) is -0.220. The number of nitrogens with zero attached hydrogens (tertiary/aromatic N) is 5. The van der Waals surface area contributed by atoms with Gasteiger partial charge in [0.25, 0.3) is 5.91 Å². The first kappa shape index (κ1) is 23.8. The minimum atomic E-state index is -0.559. The molecule has 0 saturated heterocycles. The van der Waals surface area contributed by atoms with Crippen LogP contribution in [0.2, 0.25) is 10.0 Å². The number of imidazole rings is 1. The van der Waals surface area contributed by atoms with Gasteiger partial charge in [0.15, 0.2) is 23.1 Å². The third kappa shape index (κ3) is 4.06. The van der Waals surface area contributed by atoms with Gasteiger partial charge < -0.3 is 19.2 Å². The maximum Gasteiger partial charge on any atom is 0.291 e. The van der Waals surface area contributed by atoms with Crippen LogP contribution in [0.15, 0.2) is 54.9 Å². The fourth-order valence-electron chi connectivity index (χ4n) is 3.83. The number of methoxy groups -OCH3 is 1. The van der Waals surface area contributed by atoms with Crippen molar-refractivity contribution in [1.82, 2.24) is 29.4 Å². The number of H-pyrrole nitrogens is 1. The summed E-state index contributed by atoms with van der Waals surface area (Å²) in [5, 5.41) is 0.568. The second kappa shape index (κ2) is 9.25. The van der Waals surface area contributed by atoms with E-state index in [-0.39, 0.29) is 22.4 Å². The highest BCUT2D eigenvalue weighted by atomic mass is 35.5. The Morgan fingerprint density at radius 1 is 1.11 bits per heavy atom. The van der Waals surface area contributed by atoms with Gasteiger partial charge in [-0.15, -0.1) is 0 Å². The van der Waals surface area contributed by atoms with Crippen LogP contribution in [0, 0.1) is 5.82 Å². The largest absolute Gasteiger partial charge is 0.493 e. The van der Waals surface area contributed by atoms with Crippen LogP contribution in [0.3, 0.4) is 0 Å². The van der Waals surface area contributed by atoms with Gasteiger partial charge >= 0.3 is 0 Å². The fourth-order valence-corrected chi connectivity index (χ4v) is 4.12. The number of halogens is 3. The number of hydrogen-bond acceptors (Lipinski definition) is 5. The summed E-state index contributed by atoms with van der Waals surface area (Å²) in [7, 11) is 4.71. The van der Waals surface area contributed by atoms with Crippen molar-refractivity contribution in [2.75, 3.05) is 21.2 Å². The molecule has 0 aliphatic carbocycles. The van der Waals surface area contributed by atoms with Crippen molar-refractivity contribution in [1.29, 1.82) is 0 Å². The quantitative estimate of drug-likeness (QED) is 0.321. The number of aromatic nitrogens is 5. The molecule has 5 aromatic rings. The lowest BCUT2D eigenvalue weighted by molar-refractivity contribution is 0.0815. The molecule has 0 bridgehead atoms. The normalized spacial score (nSPS) is 11.2. The molecular weight excluding hydrogens is 506 g/mol. The van der Waals surface area contributed by atoms with Crippen molar-refractivity contribution in [2.24, 2.45) is 0 Å². The maximum atomic E-state index is 15.0. The second-order valence-electron chi connectivity index (χ2n) is 8.09. The highest BCUT2D eigenvalue weighted by Gasteiger charge is 2.23. The van der Waals surface area contributed by atoms with Gasteiger partial charge in [0.05, 0.1) is 35.2 Å². The zero-order chi connectivity index (χ0) is 25.6. The van der Waals surface area contributed by atoms with Crippen LogP contribution in [-0.2, 0) is 0 Å². The van der Waals surface area contributed by atoms with E-state index in [2.05, 4.69) is 15.0 Å². The van der Waals surface area contributed by atoms with E-state index in [1.54, 1.807) is 49.1 Å². The minimum Gasteiger partial charge on any atom is -0.493 e. The summed E-state index contributed by atoms with van der Waals surface area (Å²) in [4.78, 5) is 30.3. The Labute approximate surface area is 215 Å². The molecule has 3 aromatic heterocycles. The van der Waals surface area contributed by atoms with Gasteiger partial charge in [0, 0.05) is 30.9 Å². The second-order valence-corrected chi connectivity index (χ2v) is 8.93. The van der Waals surface area contributed by atoms with E-state index < -0.39 is 5.82 Å². The summed E-state index contributed by atoms with van der Waals surface area (Å²) in [6, 6.07) is 11.9. The molecule has 3 heterocycles. The van der Waals surface area contributed by atoms with Gasteiger partial charge in [-0.05, 0) is 24.3 Å². The first-order valence-electron chi connectivity index (χ1n) is 10.7. The third-order valence-corrected chi connectivity index (χ3v) is 6.10. The molecule has 8 nitrogen and oxygen atoms in total. The van der Waals surface area contributed by atoms with Crippen LogP contribution < -0.4 is 4.74 Å². The molecule has 36 heavy (non-hydrogen) atoms. The number of fused-ring (bicyclic) bond motifs is 1. The van der Waals surface area contributed by atoms with E-state index in [4.69, 9.17) is 32.9 Å². The summed E-state index contributed by atoms with van der Waals surface area (Å²) in [6.07, 6.45) is 3.15. The fraction of sp³-hybridized carbons (Fsp3) is 0.120. The summed E-state index contributed by atoms with van der Waals surface area (Å²) >= 11 is 12.2. The van der Waals surface area contributed by atoms with Crippen LogP contribution in [0.25, 0.3) is 39.5 Å². The van der Waals surface area contributed by atoms with E-state index in [0.717, 1.165) is 5.56 Å². The van der Waals surface area contributed by atoms with Crippen molar-refractivity contribution in [3.05, 3.63) is 76.5 Å². The molecule has 0 unspecified atom stereocenters. The van der Waals surface area contributed by atoms with Crippen LogP contribution in [0.5, 0.6) is 5.75 Å². The molecule has 0 atom stereocenters. The number of carbonyl (C=O) groups is 1. The SMILES string of the molecule is COc1cnc(C(=O)N(C)C)nc1-c1nc2c(-c3ccc(Cl)cc3)n(-c3cccc(Cl)c3F)cc2[nH]1. The van der Waals surface area contributed by atoms with E-state index in [0.29, 0.717) is 39.0 Å². The molecule has 0 aliphatic heterocycles. The topological polar surface area (TPSA) is 88.9 Å². The maximum absolute atomic E-state index is 15.0.